The number of aromatic nitrogens is 6. The number of hydrogen-bond donors (Lipinski definition) is 2. The Kier molecular flexibility index (Phi) is 5.03. The quantitative estimate of drug-likeness (QED) is 0.500. The lowest BCUT2D eigenvalue weighted by Crippen LogP contribution is -2.10. The SMILES string of the molecule is CC(C)n1cnc2c(NCCc3n[nH]c4ccccc34)nc(C3=CC=CCN=C3)nc21. The lowest BCUT2D eigenvalue weighted by Gasteiger charge is -2.11. The summed E-state index contributed by atoms with van der Waals surface area (Å²) < 4.78 is 2.07. The van der Waals surface area contributed by atoms with Crippen LogP contribution in [0.3, 0.4) is 0 Å². The van der Waals surface area contributed by atoms with E-state index in [1.54, 1.807) is 0 Å². The fourth-order valence-electron chi connectivity index (χ4n) is 3.68. The first kappa shape index (κ1) is 19.2. The summed E-state index contributed by atoms with van der Waals surface area (Å²) in [7, 11) is 0. The molecule has 0 atom stereocenters. The lowest BCUT2D eigenvalue weighted by molar-refractivity contribution is 0.612. The molecule has 0 aliphatic carbocycles. The molecular weight excluding hydrogens is 388 g/mol. The predicted octanol–water partition coefficient (Wildman–Crippen LogP) is 3.96. The number of aromatic amines is 1. The van der Waals surface area contributed by atoms with Crippen LogP contribution in [0, 0.1) is 0 Å². The average molecular weight is 413 g/mol. The molecule has 156 valence electrons. The number of fused-ring (bicyclic) bond motifs is 2. The Morgan fingerprint density at radius 1 is 1.19 bits per heavy atom. The second-order valence-electron chi connectivity index (χ2n) is 7.75. The highest BCUT2D eigenvalue weighted by Crippen LogP contribution is 2.24. The lowest BCUT2D eigenvalue weighted by atomic mass is 10.2. The highest BCUT2D eigenvalue weighted by molar-refractivity contribution is 6.09. The third-order valence-corrected chi connectivity index (χ3v) is 5.29. The van der Waals surface area contributed by atoms with Crippen molar-refractivity contribution in [1.29, 1.82) is 0 Å². The van der Waals surface area contributed by atoms with Crippen LogP contribution in [0.2, 0.25) is 0 Å². The van der Waals surface area contributed by atoms with Crippen molar-refractivity contribution in [3.05, 3.63) is 60.3 Å². The summed E-state index contributed by atoms with van der Waals surface area (Å²) in [6, 6.07) is 8.41. The number of allylic oxidation sites excluding steroid dienone is 3. The van der Waals surface area contributed by atoms with Crippen LogP contribution in [0.25, 0.3) is 27.6 Å². The molecule has 8 nitrogen and oxygen atoms in total. The highest BCUT2D eigenvalue weighted by Gasteiger charge is 2.16. The standard InChI is InChI=1S/C23H24N8/c1-15(2)31-14-26-20-22(25-12-10-19-17-8-3-4-9-18(17)29-30-19)27-21(28-23(20)31)16-7-5-6-11-24-13-16/h3-9,13-15H,10-12H2,1-2H3,(H,29,30)(H,25,27,28). The zero-order chi connectivity index (χ0) is 21.2. The number of anilines is 1. The van der Waals surface area contributed by atoms with E-state index in [9.17, 15) is 0 Å². The minimum Gasteiger partial charge on any atom is -0.368 e. The molecule has 0 radical (unpaired) electrons. The Bertz CT molecular complexity index is 1320. The molecule has 1 aliphatic heterocycles. The first-order chi connectivity index (χ1) is 15.2. The predicted molar refractivity (Wildman–Crippen MR) is 124 cm³/mol. The summed E-state index contributed by atoms with van der Waals surface area (Å²) in [5, 5.41) is 12.2. The van der Waals surface area contributed by atoms with Gasteiger partial charge < -0.3 is 9.88 Å². The van der Waals surface area contributed by atoms with Crippen molar-refractivity contribution in [2.75, 3.05) is 18.4 Å². The van der Waals surface area contributed by atoms with E-state index in [1.165, 1.54) is 0 Å². The smallest absolute Gasteiger partial charge is 0.166 e. The van der Waals surface area contributed by atoms with Crippen LogP contribution in [0.5, 0.6) is 0 Å². The Morgan fingerprint density at radius 3 is 3.00 bits per heavy atom. The Balaban J connectivity index is 1.48. The van der Waals surface area contributed by atoms with Crippen molar-refractivity contribution >= 4 is 39.7 Å². The maximum atomic E-state index is 4.82. The number of imidazole rings is 1. The Morgan fingerprint density at radius 2 is 2.10 bits per heavy atom. The van der Waals surface area contributed by atoms with E-state index in [0.717, 1.165) is 45.6 Å². The van der Waals surface area contributed by atoms with E-state index >= 15 is 0 Å². The number of para-hydroxylation sites is 1. The second-order valence-corrected chi connectivity index (χ2v) is 7.75. The molecule has 8 heteroatoms. The van der Waals surface area contributed by atoms with Crippen LogP contribution in [0.15, 0.2) is 53.8 Å². The van der Waals surface area contributed by atoms with Gasteiger partial charge in [-0.15, -0.1) is 0 Å². The van der Waals surface area contributed by atoms with Crippen molar-refractivity contribution in [1.82, 2.24) is 29.7 Å². The minimum atomic E-state index is 0.243. The largest absolute Gasteiger partial charge is 0.368 e. The van der Waals surface area contributed by atoms with Crippen molar-refractivity contribution in [3.63, 3.8) is 0 Å². The maximum absolute atomic E-state index is 4.82. The van der Waals surface area contributed by atoms with Gasteiger partial charge in [-0.1, -0.05) is 30.4 Å². The number of rotatable bonds is 6. The van der Waals surface area contributed by atoms with Gasteiger partial charge in [0.25, 0.3) is 0 Å². The zero-order valence-electron chi connectivity index (χ0n) is 17.6. The summed E-state index contributed by atoms with van der Waals surface area (Å²) in [6.07, 6.45) is 10.4. The van der Waals surface area contributed by atoms with Crippen LogP contribution < -0.4 is 5.32 Å². The first-order valence-corrected chi connectivity index (χ1v) is 10.5. The molecule has 0 fully saturated rings. The number of benzene rings is 1. The molecule has 0 spiro atoms. The summed E-state index contributed by atoms with van der Waals surface area (Å²) in [4.78, 5) is 18.6. The molecule has 0 saturated heterocycles. The van der Waals surface area contributed by atoms with Crippen LogP contribution in [0.4, 0.5) is 5.82 Å². The van der Waals surface area contributed by atoms with Gasteiger partial charge in [0.1, 0.15) is 5.52 Å². The molecule has 4 aromatic rings. The van der Waals surface area contributed by atoms with Crippen LogP contribution in [-0.2, 0) is 6.42 Å². The number of nitrogens with one attached hydrogen (secondary N) is 2. The summed E-state index contributed by atoms with van der Waals surface area (Å²) >= 11 is 0. The average Bonchev–Trinajstić information content (AvgIpc) is 3.29. The van der Waals surface area contributed by atoms with Crippen molar-refractivity contribution in [2.45, 2.75) is 26.3 Å². The molecule has 1 aliphatic rings. The molecule has 2 N–H and O–H groups in total. The van der Waals surface area contributed by atoms with Gasteiger partial charge in [0.05, 0.1) is 24.1 Å². The number of nitrogens with zero attached hydrogens (tertiary/aromatic N) is 6. The summed E-state index contributed by atoms with van der Waals surface area (Å²) in [5.74, 6) is 1.36. The van der Waals surface area contributed by atoms with Gasteiger partial charge in [-0.3, -0.25) is 10.1 Å². The van der Waals surface area contributed by atoms with Crippen LogP contribution in [-0.4, -0.2) is 49.0 Å². The maximum Gasteiger partial charge on any atom is 0.166 e. The van der Waals surface area contributed by atoms with Gasteiger partial charge in [-0.25, -0.2) is 15.0 Å². The van der Waals surface area contributed by atoms with E-state index in [2.05, 4.69) is 50.0 Å². The number of H-pyrrole nitrogens is 1. The Hall–Kier alpha value is -3.81. The van der Waals surface area contributed by atoms with Gasteiger partial charge in [0, 0.05) is 36.2 Å². The van der Waals surface area contributed by atoms with E-state index in [0.29, 0.717) is 18.9 Å². The molecular formula is C23H24N8. The number of aliphatic imine (C=N–C) groups is 1. The molecule has 0 amide bonds. The van der Waals surface area contributed by atoms with E-state index < -0.39 is 0 Å². The molecule has 0 saturated carbocycles. The fraction of sp³-hybridized carbons (Fsp3) is 0.261. The van der Waals surface area contributed by atoms with Crippen LogP contribution in [0.1, 0.15) is 31.4 Å². The Labute approximate surface area is 179 Å². The van der Waals surface area contributed by atoms with Gasteiger partial charge in [-0.2, -0.15) is 5.10 Å². The fourth-order valence-corrected chi connectivity index (χ4v) is 3.68. The van der Waals surface area contributed by atoms with Crippen molar-refractivity contribution in [2.24, 2.45) is 4.99 Å². The van der Waals surface area contributed by atoms with Gasteiger partial charge in [0.2, 0.25) is 0 Å². The third kappa shape index (κ3) is 3.72. The molecule has 5 rings (SSSR count). The topological polar surface area (TPSA) is 96.7 Å². The second kappa shape index (κ2) is 8.14. The molecule has 3 aromatic heterocycles. The molecule has 31 heavy (non-hydrogen) atoms. The van der Waals surface area contributed by atoms with Gasteiger partial charge in [-0.05, 0) is 26.0 Å². The van der Waals surface area contributed by atoms with E-state index in [4.69, 9.17) is 9.97 Å². The molecule has 1 aromatic carbocycles. The van der Waals surface area contributed by atoms with Crippen molar-refractivity contribution < 1.29 is 0 Å². The van der Waals surface area contributed by atoms with E-state index in [-0.39, 0.29) is 6.04 Å². The normalized spacial score (nSPS) is 13.8. The third-order valence-electron chi connectivity index (χ3n) is 5.29. The molecule has 4 heterocycles. The zero-order valence-corrected chi connectivity index (χ0v) is 17.6. The minimum absolute atomic E-state index is 0.243. The number of hydrogen-bond acceptors (Lipinski definition) is 6. The van der Waals surface area contributed by atoms with Crippen molar-refractivity contribution in [3.8, 4) is 0 Å². The molecule has 0 unspecified atom stereocenters. The van der Waals surface area contributed by atoms with Crippen LogP contribution >= 0.6 is 0 Å². The van der Waals surface area contributed by atoms with Gasteiger partial charge in [0.15, 0.2) is 17.3 Å². The molecule has 0 bridgehead atoms. The summed E-state index contributed by atoms with van der Waals surface area (Å²) in [6.45, 7) is 5.58. The van der Waals surface area contributed by atoms with E-state index in [1.807, 2.05) is 49.0 Å². The van der Waals surface area contributed by atoms with Gasteiger partial charge >= 0.3 is 0 Å². The first-order valence-electron chi connectivity index (χ1n) is 10.5. The highest BCUT2D eigenvalue weighted by atomic mass is 15.2. The monoisotopic (exact) mass is 412 g/mol. The summed E-state index contributed by atoms with van der Waals surface area (Å²) in [5.41, 5.74) is 4.55.